The first-order valence-corrected chi connectivity index (χ1v) is 19.8. The fourth-order valence-corrected chi connectivity index (χ4v) is 9.30. The van der Waals surface area contributed by atoms with Gasteiger partial charge in [-0.25, -0.2) is 0 Å². The fraction of sp³-hybridized carbons (Fsp3) is 0.0545. The highest BCUT2D eigenvalue weighted by Gasteiger charge is 2.40. The molecule has 0 aliphatic heterocycles. The third kappa shape index (κ3) is 5.33. The molecule has 1 heterocycles. The Morgan fingerprint density at radius 1 is 0.421 bits per heavy atom. The minimum absolute atomic E-state index is 0.215. The zero-order valence-corrected chi connectivity index (χ0v) is 31.9. The van der Waals surface area contributed by atoms with Gasteiger partial charge in [0.25, 0.3) is 0 Å². The number of nitrogens with zero attached hydrogens (tertiary/aromatic N) is 1. The average molecular weight is 730 g/mol. The first kappa shape index (κ1) is 33.2. The molecule has 1 aromatic heterocycles. The monoisotopic (exact) mass is 729 g/mol. The molecule has 2 nitrogen and oxygen atoms in total. The summed E-state index contributed by atoms with van der Waals surface area (Å²) in [5.41, 5.74) is 17.3. The van der Waals surface area contributed by atoms with Crippen molar-refractivity contribution in [2.24, 2.45) is 0 Å². The Morgan fingerprint density at radius 2 is 0.982 bits per heavy atom. The Balaban J connectivity index is 1.14. The van der Waals surface area contributed by atoms with E-state index in [2.05, 4.69) is 207 Å². The first-order valence-electron chi connectivity index (χ1n) is 19.8. The van der Waals surface area contributed by atoms with Crippen LogP contribution >= 0.6 is 0 Å². The number of para-hydroxylation sites is 2. The SMILES string of the molecule is CC1(C)c2ccc(-c3ccccc3)cc2-c2c(N(c3ccc(-c4ccccc4)cc3)c3ccc(-c4cccc5c4oc4ccccc45)cc3)cc3ccccc3c21. The number of fused-ring (bicyclic) bond motifs is 8. The number of rotatable bonds is 6. The van der Waals surface area contributed by atoms with E-state index in [-0.39, 0.29) is 5.41 Å². The van der Waals surface area contributed by atoms with Gasteiger partial charge in [0.05, 0.1) is 5.69 Å². The van der Waals surface area contributed by atoms with Gasteiger partial charge in [-0.3, -0.25) is 0 Å². The summed E-state index contributed by atoms with van der Waals surface area (Å²) >= 11 is 0. The van der Waals surface area contributed by atoms with Crippen LogP contribution < -0.4 is 4.90 Å². The van der Waals surface area contributed by atoms with Crippen LogP contribution in [0.15, 0.2) is 205 Å². The van der Waals surface area contributed by atoms with E-state index in [0.29, 0.717) is 0 Å². The van der Waals surface area contributed by atoms with Gasteiger partial charge < -0.3 is 9.32 Å². The van der Waals surface area contributed by atoms with Gasteiger partial charge in [-0.1, -0.05) is 172 Å². The molecule has 2 heteroatoms. The average Bonchev–Trinajstić information content (AvgIpc) is 3.77. The van der Waals surface area contributed by atoms with E-state index < -0.39 is 0 Å². The molecule has 11 rings (SSSR count). The van der Waals surface area contributed by atoms with E-state index in [4.69, 9.17) is 4.42 Å². The smallest absolute Gasteiger partial charge is 0.143 e. The van der Waals surface area contributed by atoms with E-state index in [9.17, 15) is 0 Å². The van der Waals surface area contributed by atoms with Crippen LogP contribution in [0.3, 0.4) is 0 Å². The molecule has 0 bridgehead atoms. The Bertz CT molecular complexity index is 3120. The van der Waals surface area contributed by atoms with E-state index >= 15 is 0 Å². The summed E-state index contributed by atoms with van der Waals surface area (Å²) in [6.07, 6.45) is 0. The Kier molecular flexibility index (Phi) is 7.55. The van der Waals surface area contributed by atoms with Gasteiger partial charge in [-0.2, -0.15) is 0 Å². The van der Waals surface area contributed by atoms with Gasteiger partial charge in [0.1, 0.15) is 11.2 Å². The molecule has 9 aromatic carbocycles. The number of hydrogen-bond acceptors (Lipinski definition) is 2. The van der Waals surface area contributed by atoms with Crippen molar-refractivity contribution in [1.29, 1.82) is 0 Å². The van der Waals surface area contributed by atoms with Crippen LogP contribution in [-0.4, -0.2) is 0 Å². The molecule has 0 atom stereocenters. The number of benzene rings is 9. The standard InChI is InChI=1S/C55H39NO/c1-55(2)49-33-28-40(37-16-7-4-8-17-37)34-48(49)52-50(35-41-18-9-10-19-44(41)53(52)55)56(42-29-24-38(25-30-42)36-14-5-3-6-15-36)43-31-26-39(27-32-43)45-21-13-22-47-46-20-11-12-23-51(46)57-54(45)47/h3-35H,1-2H3. The minimum Gasteiger partial charge on any atom is -0.455 e. The second kappa shape index (κ2) is 13.0. The van der Waals surface area contributed by atoms with Crippen LogP contribution in [0.1, 0.15) is 25.0 Å². The molecule has 0 radical (unpaired) electrons. The summed E-state index contributed by atoms with van der Waals surface area (Å²) in [7, 11) is 0. The molecule has 1 aliphatic rings. The number of furan rings is 1. The highest BCUT2D eigenvalue weighted by molar-refractivity contribution is 6.10. The maximum atomic E-state index is 6.48. The summed E-state index contributed by atoms with van der Waals surface area (Å²) < 4.78 is 6.48. The molecule has 270 valence electrons. The molecule has 0 amide bonds. The molecule has 0 saturated carbocycles. The van der Waals surface area contributed by atoms with Crippen molar-refractivity contribution < 1.29 is 4.42 Å². The summed E-state index contributed by atoms with van der Waals surface area (Å²) in [4.78, 5) is 2.46. The summed E-state index contributed by atoms with van der Waals surface area (Å²) in [5.74, 6) is 0. The van der Waals surface area contributed by atoms with E-state index in [0.717, 1.165) is 44.4 Å². The zero-order chi connectivity index (χ0) is 38.1. The predicted molar refractivity (Wildman–Crippen MR) is 240 cm³/mol. The van der Waals surface area contributed by atoms with Crippen molar-refractivity contribution in [2.45, 2.75) is 19.3 Å². The lowest BCUT2D eigenvalue weighted by molar-refractivity contribution is 0.666. The van der Waals surface area contributed by atoms with Crippen molar-refractivity contribution in [3.8, 4) is 44.5 Å². The predicted octanol–water partition coefficient (Wildman–Crippen LogP) is 15.5. The Morgan fingerprint density at radius 3 is 1.70 bits per heavy atom. The first-order chi connectivity index (χ1) is 28.0. The molecule has 0 saturated heterocycles. The van der Waals surface area contributed by atoms with Gasteiger partial charge in [-0.05, 0) is 97.7 Å². The summed E-state index contributed by atoms with van der Waals surface area (Å²) in [6.45, 7) is 4.78. The highest BCUT2D eigenvalue weighted by Crippen LogP contribution is 2.57. The lowest BCUT2D eigenvalue weighted by atomic mass is 9.80. The summed E-state index contributed by atoms with van der Waals surface area (Å²) in [5, 5.41) is 4.80. The Hall–Kier alpha value is -7.16. The van der Waals surface area contributed by atoms with Crippen LogP contribution in [0.25, 0.3) is 77.2 Å². The van der Waals surface area contributed by atoms with Crippen molar-refractivity contribution >= 4 is 49.8 Å². The molecule has 0 spiro atoms. The minimum atomic E-state index is -0.215. The van der Waals surface area contributed by atoms with Crippen LogP contribution in [-0.2, 0) is 5.41 Å². The van der Waals surface area contributed by atoms with Crippen molar-refractivity contribution in [3.63, 3.8) is 0 Å². The lowest BCUT2D eigenvalue weighted by Gasteiger charge is -2.30. The third-order valence-corrected chi connectivity index (χ3v) is 12.0. The molecule has 10 aromatic rings. The third-order valence-electron chi connectivity index (χ3n) is 12.0. The highest BCUT2D eigenvalue weighted by atomic mass is 16.3. The van der Waals surface area contributed by atoms with Gasteiger partial charge >= 0.3 is 0 Å². The summed E-state index contributed by atoms with van der Waals surface area (Å²) in [6, 6.07) is 72.6. The van der Waals surface area contributed by atoms with E-state index in [1.54, 1.807) is 0 Å². The van der Waals surface area contributed by atoms with Crippen molar-refractivity contribution in [1.82, 2.24) is 0 Å². The zero-order valence-electron chi connectivity index (χ0n) is 31.9. The van der Waals surface area contributed by atoms with E-state index in [1.165, 1.54) is 61.0 Å². The van der Waals surface area contributed by atoms with Crippen LogP contribution in [0.5, 0.6) is 0 Å². The number of hydrogen-bond donors (Lipinski definition) is 0. The van der Waals surface area contributed by atoms with Crippen LogP contribution in [0, 0.1) is 0 Å². The van der Waals surface area contributed by atoms with Gasteiger partial charge in [0.2, 0.25) is 0 Å². The largest absolute Gasteiger partial charge is 0.455 e. The molecule has 0 fully saturated rings. The second-order valence-corrected chi connectivity index (χ2v) is 15.7. The lowest BCUT2D eigenvalue weighted by Crippen LogP contribution is -2.17. The topological polar surface area (TPSA) is 16.4 Å². The normalized spacial score (nSPS) is 12.9. The van der Waals surface area contributed by atoms with Crippen LogP contribution in [0.4, 0.5) is 17.1 Å². The maximum Gasteiger partial charge on any atom is 0.143 e. The van der Waals surface area contributed by atoms with E-state index in [1.807, 2.05) is 12.1 Å². The molecule has 0 N–H and O–H groups in total. The fourth-order valence-electron chi connectivity index (χ4n) is 9.30. The quantitative estimate of drug-likeness (QED) is 0.169. The molecule has 0 unspecified atom stereocenters. The van der Waals surface area contributed by atoms with Crippen molar-refractivity contribution in [3.05, 3.63) is 211 Å². The molecule has 57 heavy (non-hydrogen) atoms. The second-order valence-electron chi connectivity index (χ2n) is 15.7. The maximum absolute atomic E-state index is 6.48. The van der Waals surface area contributed by atoms with Gasteiger partial charge in [0, 0.05) is 38.7 Å². The van der Waals surface area contributed by atoms with Gasteiger partial charge in [-0.15, -0.1) is 0 Å². The van der Waals surface area contributed by atoms with Crippen molar-refractivity contribution in [2.75, 3.05) is 4.90 Å². The molecular formula is C55H39NO. The number of anilines is 3. The molecule has 1 aliphatic carbocycles. The molecular weight excluding hydrogens is 691 g/mol. The Labute approximate surface area is 332 Å². The van der Waals surface area contributed by atoms with Crippen LogP contribution in [0.2, 0.25) is 0 Å². The van der Waals surface area contributed by atoms with Gasteiger partial charge in [0.15, 0.2) is 0 Å².